The summed E-state index contributed by atoms with van der Waals surface area (Å²) >= 11 is 1.77. The quantitative estimate of drug-likeness (QED) is 0.853. The molecule has 1 aromatic heterocycles. The summed E-state index contributed by atoms with van der Waals surface area (Å²) in [7, 11) is 0. The van der Waals surface area contributed by atoms with Crippen LogP contribution in [0.3, 0.4) is 0 Å². The molecule has 2 aliphatic rings. The van der Waals surface area contributed by atoms with Crippen LogP contribution in [0.5, 0.6) is 0 Å². The van der Waals surface area contributed by atoms with Crippen LogP contribution in [0, 0.1) is 0 Å². The zero-order valence-corrected chi connectivity index (χ0v) is 12.5. The fraction of sp³-hybridized carbons (Fsp3) is 0.786. The summed E-state index contributed by atoms with van der Waals surface area (Å²) in [6.07, 6.45) is 2.17. The van der Waals surface area contributed by atoms with Crippen molar-refractivity contribution in [3.8, 4) is 0 Å². The maximum absolute atomic E-state index is 5.81. The van der Waals surface area contributed by atoms with Crippen LogP contribution in [0.4, 0.5) is 0 Å². The Morgan fingerprint density at radius 3 is 2.89 bits per heavy atom. The average molecular weight is 282 g/mol. The van der Waals surface area contributed by atoms with Crippen LogP contribution in [0.1, 0.15) is 43.3 Å². The zero-order valence-electron chi connectivity index (χ0n) is 11.7. The monoisotopic (exact) mass is 282 g/mol. The third-order valence-corrected chi connectivity index (χ3v) is 4.95. The van der Waals surface area contributed by atoms with Crippen LogP contribution < -0.4 is 0 Å². The van der Waals surface area contributed by atoms with Crippen LogP contribution in [0.25, 0.3) is 0 Å². The van der Waals surface area contributed by atoms with Gasteiger partial charge in [-0.3, -0.25) is 4.90 Å². The maximum atomic E-state index is 5.81. The van der Waals surface area contributed by atoms with E-state index in [1.54, 1.807) is 11.3 Å². The molecule has 0 saturated carbocycles. The summed E-state index contributed by atoms with van der Waals surface area (Å²) in [6, 6.07) is 0. The molecular formula is C14H22N2O2S. The standard InChI is InChI=1S/C14H22N2O2S/c1-11(2)13-15-12(9-19-13)8-16-5-3-4-14(10-16)17-6-7-18-14/h9,11H,3-8,10H2,1-2H3. The highest BCUT2D eigenvalue weighted by Crippen LogP contribution is 2.31. The summed E-state index contributed by atoms with van der Waals surface area (Å²) in [5.74, 6) is 0.197. The lowest BCUT2D eigenvalue weighted by molar-refractivity contribution is -0.190. The topological polar surface area (TPSA) is 34.6 Å². The molecule has 0 amide bonds. The number of piperidine rings is 1. The number of thiazole rings is 1. The molecule has 2 aliphatic heterocycles. The molecule has 2 fully saturated rings. The first-order valence-corrected chi connectivity index (χ1v) is 7.99. The van der Waals surface area contributed by atoms with E-state index in [9.17, 15) is 0 Å². The van der Waals surface area contributed by atoms with Crippen molar-refractivity contribution in [3.63, 3.8) is 0 Å². The Labute approximate surface area is 118 Å². The average Bonchev–Trinajstić information content (AvgIpc) is 3.00. The molecule has 3 heterocycles. The molecule has 4 nitrogen and oxygen atoms in total. The maximum Gasteiger partial charge on any atom is 0.181 e. The van der Waals surface area contributed by atoms with Crippen LogP contribution in [-0.2, 0) is 16.0 Å². The Balaban J connectivity index is 1.62. The molecular weight excluding hydrogens is 260 g/mol. The first-order chi connectivity index (χ1) is 9.17. The van der Waals surface area contributed by atoms with Crippen molar-refractivity contribution in [2.75, 3.05) is 26.3 Å². The van der Waals surface area contributed by atoms with Crippen molar-refractivity contribution >= 4 is 11.3 Å². The molecule has 2 saturated heterocycles. The van der Waals surface area contributed by atoms with Crippen LogP contribution in [0.15, 0.2) is 5.38 Å². The largest absolute Gasteiger partial charge is 0.346 e. The number of aromatic nitrogens is 1. The van der Waals surface area contributed by atoms with Gasteiger partial charge in [0.25, 0.3) is 0 Å². The number of hydrogen-bond acceptors (Lipinski definition) is 5. The van der Waals surface area contributed by atoms with Gasteiger partial charge in [-0.15, -0.1) is 11.3 Å². The van der Waals surface area contributed by atoms with Gasteiger partial charge in [0.1, 0.15) is 0 Å². The summed E-state index contributed by atoms with van der Waals surface area (Å²) in [4.78, 5) is 7.12. The Hall–Kier alpha value is -0.490. The van der Waals surface area contributed by atoms with Gasteiger partial charge in [-0.25, -0.2) is 4.98 Å². The minimum absolute atomic E-state index is 0.324. The van der Waals surface area contributed by atoms with Crippen LogP contribution in [-0.4, -0.2) is 42.0 Å². The summed E-state index contributed by atoms with van der Waals surface area (Å²) in [5, 5.41) is 3.42. The van der Waals surface area contributed by atoms with Crippen LogP contribution >= 0.6 is 11.3 Å². The van der Waals surface area contributed by atoms with E-state index in [0.29, 0.717) is 5.92 Å². The highest BCUT2D eigenvalue weighted by atomic mass is 32.1. The first-order valence-electron chi connectivity index (χ1n) is 7.11. The fourth-order valence-corrected chi connectivity index (χ4v) is 3.65. The van der Waals surface area contributed by atoms with E-state index in [0.717, 1.165) is 45.7 Å². The molecule has 0 aromatic carbocycles. The molecule has 0 aliphatic carbocycles. The van der Waals surface area contributed by atoms with E-state index < -0.39 is 0 Å². The Morgan fingerprint density at radius 2 is 2.21 bits per heavy atom. The van der Waals surface area contributed by atoms with E-state index in [-0.39, 0.29) is 5.79 Å². The van der Waals surface area contributed by atoms with Crippen LogP contribution in [0.2, 0.25) is 0 Å². The SMILES string of the molecule is CC(C)c1nc(CN2CCCC3(C2)OCCO3)cs1. The van der Waals surface area contributed by atoms with Gasteiger partial charge in [-0.1, -0.05) is 13.8 Å². The normalized spacial score (nSPS) is 23.5. The zero-order chi connectivity index (χ0) is 13.3. The summed E-state index contributed by atoms with van der Waals surface area (Å²) in [6.45, 7) is 8.77. The van der Waals surface area contributed by atoms with Gasteiger partial charge < -0.3 is 9.47 Å². The van der Waals surface area contributed by atoms with Gasteiger partial charge in [0.05, 0.1) is 30.5 Å². The number of hydrogen-bond donors (Lipinski definition) is 0. The molecule has 0 unspecified atom stereocenters. The van der Waals surface area contributed by atoms with Gasteiger partial charge in [0.15, 0.2) is 5.79 Å². The molecule has 0 atom stereocenters. The number of nitrogens with zero attached hydrogens (tertiary/aromatic N) is 2. The second-order valence-corrected chi connectivity index (χ2v) is 6.64. The van der Waals surface area contributed by atoms with E-state index in [4.69, 9.17) is 14.5 Å². The van der Waals surface area contributed by atoms with Crippen molar-refractivity contribution in [1.29, 1.82) is 0 Å². The third-order valence-electron chi connectivity index (χ3n) is 3.76. The lowest BCUT2D eigenvalue weighted by atomic mass is 10.0. The Morgan fingerprint density at radius 1 is 1.42 bits per heavy atom. The van der Waals surface area contributed by atoms with Gasteiger partial charge in [-0.05, 0) is 13.0 Å². The Bertz CT molecular complexity index is 427. The molecule has 0 N–H and O–H groups in total. The number of rotatable bonds is 3. The second kappa shape index (κ2) is 5.48. The summed E-state index contributed by atoms with van der Waals surface area (Å²) in [5.41, 5.74) is 1.18. The molecule has 0 radical (unpaired) electrons. The minimum atomic E-state index is -0.324. The van der Waals surface area contributed by atoms with E-state index in [1.165, 1.54) is 10.7 Å². The Kier molecular flexibility index (Phi) is 3.89. The van der Waals surface area contributed by atoms with E-state index in [2.05, 4.69) is 24.1 Å². The van der Waals surface area contributed by atoms with Gasteiger partial charge in [0.2, 0.25) is 0 Å². The van der Waals surface area contributed by atoms with Gasteiger partial charge >= 0.3 is 0 Å². The highest BCUT2D eigenvalue weighted by molar-refractivity contribution is 7.09. The van der Waals surface area contributed by atoms with Crippen molar-refractivity contribution in [2.45, 2.75) is 44.9 Å². The first kappa shape index (κ1) is 13.5. The molecule has 5 heteroatoms. The predicted octanol–water partition coefficient (Wildman–Crippen LogP) is 2.61. The summed E-state index contributed by atoms with van der Waals surface area (Å²) < 4.78 is 11.6. The lowest BCUT2D eigenvalue weighted by Gasteiger charge is -2.38. The highest BCUT2D eigenvalue weighted by Gasteiger charge is 2.40. The molecule has 3 rings (SSSR count). The second-order valence-electron chi connectivity index (χ2n) is 5.75. The third kappa shape index (κ3) is 2.99. The minimum Gasteiger partial charge on any atom is -0.346 e. The van der Waals surface area contributed by atoms with Crippen molar-refractivity contribution in [3.05, 3.63) is 16.1 Å². The predicted molar refractivity (Wildman–Crippen MR) is 75.3 cm³/mol. The van der Waals surface area contributed by atoms with Gasteiger partial charge in [0, 0.05) is 24.3 Å². The van der Waals surface area contributed by atoms with Crippen molar-refractivity contribution in [2.24, 2.45) is 0 Å². The van der Waals surface area contributed by atoms with Gasteiger partial charge in [-0.2, -0.15) is 0 Å². The van der Waals surface area contributed by atoms with E-state index in [1.807, 2.05) is 0 Å². The number of ether oxygens (including phenoxy) is 2. The smallest absolute Gasteiger partial charge is 0.181 e. The molecule has 0 bridgehead atoms. The lowest BCUT2D eigenvalue weighted by Crippen LogP contribution is -2.48. The molecule has 1 spiro atoms. The molecule has 106 valence electrons. The van der Waals surface area contributed by atoms with Crippen molar-refractivity contribution < 1.29 is 9.47 Å². The molecule has 19 heavy (non-hydrogen) atoms. The molecule has 1 aromatic rings. The fourth-order valence-electron chi connectivity index (χ4n) is 2.83. The van der Waals surface area contributed by atoms with E-state index >= 15 is 0 Å². The number of likely N-dealkylation sites (tertiary alicyclic amines) is 1. The van der Waals surface area contributed by atoms with Crippen molar-refractivity contribution in [1.82, 2.24) is 9.88 Å².